The van der Waals surface area contributed by atoms with Crippen molar-refractivity contribution in [1.82, 2.24) is 4.90 Å². The average Bonchev–Trinajstić information content (AvgIpc) is 2.94. The fourth-order valence-electron chi connectivity index (χ4n) is 2.88. The number of carboxylic acids is 1. The van der Waals surface area contributed by atoms with Gasteiger partial charge in [0, 0.05) is 0 Å². The highest BCUT2D eigenvalue weighted by Crippen LogP contribution is 2.39. The molecule has 0 radical (unpaired) electrons. The van der Waals surface area contributed by atoms with Crippen molar-refractivity contribution < 1.29 is 29.0 Å². The Kier molecular flexibility index (Phi) is 6.84. The Morgan fingerprint density at radius 2 is 2.03 bits per heavy atom. The normalized spacial score (nSPS) is 15.0. The number of benzene rings is 2. The summed E-state index contributed by atoms with van der Waals surface area (Å²) >= 11 is 4.20. The Morgan fingerprint density at radius 1 is 1.27 bits per heavy atom. The van der Waals surface area contributed by atoms with E-state index in [1.165, 1.54) is 12.0 Å². The number of aliphatic carboxylic acids is 1. The second kappa shape index (κ2) is 9.36. The molecule has 2 aromatic carbocycles. The molecule has 1 heterocycles. The number of thioether (sulfide) groups is 1. The summed E-state index contributed by atoms with van der Waals surface area (Å²) in [6.45, 7) is 1.64. The van der Waals surface area contributed by atoms with Crippen LogP contribution in [0.5, 0.6) is 11.5 Å². The van der Waals surface area contributed by atoms with Crippen molar-refractivity contribution in [3.63, 3.8) is 0 Å². The molecular formula is C21H18BrNO6S. The maximum Gasteiger partial charge on any atom is 0.341 e. The van der Waals surface area contributed by atoms with Gasteiger partial charge in [0.1, 0.15) is 0 Å². The molecular weight excluding hydrogens is 474 g/mol. The molecule has 7 nitrogen and oxygen atoms in total. The zero-order chi connectivity index (χ0) is 21.8. The molecule has 0 saturated carbocycles. The maximum atomic E-state index is 12.8. The number of amides is 2. The van der Waals surface area contributed by atoms with Gasteiger partial charge in [0.15, 0.2) is 18.1 Å². The zero-order valence-corrected chi connectivity index (χ0v) is 18.6. The largest absolute Gasteiger partial charge is 0.493 e. The Morgan fingerprint density at radius 3 is 2.70 bits per heavy atom. The van der Waals surface area contributed by atoms with E-state index in [9.17, 15) is 14.4 Å². The van der Waals surface area contributed by atoms with Crippen molar-refractivity contribution in [1.29, 1.82) is 0 Å². The Balaban J connectivity index is 1.84. The van der Waals surface area contributed by atoms with Gasteiger partial charge in [-0.2, -0.15) is 0 Å². The minimum absolute atomic E-state index is 0.207. The molecule has 1 aliphatic rings. The molecule has 0 spiro atoms. The summed E-state index contributed by atoms with van der Waals surface area (Å²) in [5, 5.41) is 8.47. The standard InChI is InChI=1S/C21H18BrNO6S/c1-12-4-3-5-13(6-12)10-23-20(26)17(30-21(23)27)9-14-7-15(22)19(16(8-14)28-2)29-11-18(24)25/h3-9H,10-11H2,1-2H3,(H,24,25)/b17-9-. The molecule has 30 heavy (non-hydrogen) atoms. The highest BCUT2D eigenvalue weighted by Gasteiger charge is 2.35. The van der Waals surface area contributed by atoms with Gasteiger partial charge >= 0.3 is 5.97 Å². The van der Waals surface area contributed by atoms with E-state index in [4.69, 9.17) is 14.6 Å². The van der Waals surface area contributed by atoms with E-state index in [0.29, 0.717) is 20.7 Å². The molecule has 1 saturated heterocycles. The predicted molar refractivity (Wildman–Crippen MR) is 117 cm³/mol. The number of ether oxygens (including phenoxy) is 2. The number of rotatable bonds is 7. The van der Waals surface area contributed by atoms with E-state index in [2.05, 4.69) is 15.9 Å². The van der Waals surface area contributed by atoms with Crippen LogP contribution in [0.15, 0.2) is 45.8 Å². The van der Waals surface area contributed by atoms with E-state index >= 15 is 0 Å². The summed E-state index contributed by atoms with van der Waals surface area (Å²) in [5.41, 5.74) is 2.53. The monoisotopic (exact) mass is 491 g/mol. The van der Waals surface area contributed by atoms with Crippen LogP contribution >= 0.6 is 27.7 Å². The molecule has 1 aliphatic heterocycles. The summed E-state index contributed by atoms with van der Waals surface area (Å²) in [7, 11) is 1.43. The molecule has 2 aromatic rings. The Hall–Kier alpha value is -2.78. The highest BCUT2D eigenvalue weighted by atomic mass is 79.9. The van der Waals surface area contributed by atoms with Crippen LogP contribution in [-0.2, 0) is 16.1 Å². The fraction of sp³-hybridized carbons (Fsp3) is 0.190. The van der Waals surface area contributed by atoms with E-state index in [1.807, 2.05) is 31.2 Å². The van der Waals surface area contributed by atoms with Gasteiger partial charge in [0.2, 0.25) is 0 Å². The van der Waals surface area contributed by atoms with Gasteiger partial charge in [-0.15, -0.1) is 0 Å². The second-order valence-electron chi connectivity index (χ2n) is 6.47. The maximum absolute atomic E-state index is 12.8. The van der Waals surface area contributed by atoms with Gasteiger partial charge in [-0.25, -0.2) is 4.79 Å². The van der Waals surface area contributed by atoms with Crippen LogP contribution in [0.4, 0.5) is 4.79 Å². The first-order valence-corrected chi connectivity index (χ1v) is 10.4. The summed E-state index contributed by atoms with van der Waals surface area (Å²) < 4.78 is 11.0. The highest BCUT2D eigenvalue weighted by molar-refractivity contribution is 9.10. The quantitative estimate of drug-likeness (QED) is 0.571. The Labute approximate surface area is 185 Å². The number of carbonyl (C=O) groups excluding carboxylic acids is 2. The van der Waals surface area contributed by atoms with Gasteiger partial charge < -0.3 is 14.6 Å². The van der Waals surface area contributed by atoms with Crippen LogP contribution in [0.1, 0.15) is 16.7 Å². The molecule has 2 amide bonds. The number of hydrogen-bond acceptors (Lipinski definition) is 6. The summed E-state index contributed by atoms with van der Waals surface area (Å²) in [6, 6.07) is 10.9. The molecule has 9 heteroatoms. The van der Waals surface area contributed by atoms with Gasteiger partial charge in [0.05, 0.1) is 23.0 Å². The lowest BCUT2D eigenvalue weighted by atomic mass is 10.1. The van der Waals surface area contributed by atoms with E-state index in [0.717, 1.165) is 22.9 Å². The van der Waals surface area contributed by atoms with Crippen LogP contribution in [0.25, 0.3) is 6.08 Å². The number of hydrogen-bond donors (Lipinski definition) is 1. The smallest absolute Gasteiger partial charge is 0.341 e. The van der Waals surface area contributed by atoms with Crippen LogP contribution in [0.2, 0.25) is 0 Å². The van der Waals surface area contributed by atoms with Crippen molar-refractivity contribution in [2.45, 2.75) is 13.5 Å². The lowest BCUT2D eigenvalue weighted by Crippen LogP contribution is -2.27. The van der Waals surface area contributed by atoms with Crippen molar-refractivity contribution in [2.75, 3.05) is 13.7 Å². The van der Waals surface area contributed by atoms with Crippen LogP contribution in [0.3, 0.4) is 0 Å². The van der Waals surface area contributed by atoms with Gasteiger partial charge in [-0.3, -0.25) is 14.5 Å². The summed E-state index contributed by atoms with van der Waals surface area (Å²) in [6.07, 6.45) is 1.59. The summed E-state index contributed by atoms with van der Waals surface area (Å²) in [5.74, 6) is -0.941. The third-order valence-corrected chi connectivity index (χ3v) is 5.68. The van der Waals surface area contributed by atoms with Gasteiger partial charge in [-0.1, -0.05) is 29.8 Å². The molecule has 1 fully saturated rings. The fourth-order valence-corrected chi connectivity index (χ4v) is 4.29. The average molecular weight is 492 g/mol. The molecule has 3 rings (SSSR count). The number of halogens is 1. The van der Waals surface area contributed by atoms with E-state index in [1.54, 1.807) is 18.2 Å². The van der Waals surface area contributed by atoms with Crippen LogP contribution in [-0.4, -0.2) is 40.8 Å². The van der Waals surface area contributed by atoms with Crippen molar-refractivity contribution in [3.05, 3.63) is 62.5 Å². The molecule has 0 aromatic heterocycles. The number of methoxy groups -OCH3 is 1. The van der Waals surface area contributed by atoms with Crippen molar-refractivity contribution in [3.8, 4) is 11.5 Å². The van der Waals surface area contributed by atoms with E-state index < -0.39 is 12.6 Å². The number of aryl methyl sites for hydroxylation is 1. The first-order valence-electron chi connectivity index (χ1n) is 8.81. The van der Waals surface area contributed by atoms with Crippen molar-refractivity contribution in [2.24, 2.45) is 0 Å². The molecule has 0 unspecified atom stereocenters. The second-order valence-corrected chi connectivity index (χ2v) is 8.32. The number of carbonyl (C=O) groups is 3. The predicted octanol–water partition coefficient (Wildman–Crippen LogP) is 4.47. The minimum Gasteiger partial charge on any atom is -0.493 e. The zero-order valence-electron chi connectivity index (χ0n) is 16.2. The molecule has 1 N–H and O–H groups in total. The van der Waals surface area contributed by atoms with Crippen molar-refractivity contribution >= 4 is 50.9 Å². The SMILES string of the molecule is COc1cc(/C=C2\SC(=O)N(Cc3cccc(C)c3)C2=O)cc(Br)c1OCC(=O)O. The minimum atomic E-state index is -1.12. The van der Waals surface area contributed by atoms with Crippen LogP contribution < -0.4 is 9.47 Å². The molecule has 156 valence electrons. The van der Waals surface area contributed by atoms with Gasteiger partial charge in [-0.05, 0) is 64.0 Å². The lowest BCUT2D eigenvalue weighted by Gasteiger charge is -2.13. The third kappa shape index (κ3) is 5.03. The van der Waals surface area contributed by atoms with Gasteiger partial charge in [0.25, 0.3) is 11.1 Å². The molecule has 0 bridgehead atoms. The topological polar surface area (TPSA) is 93.1 Å². The number of carboxylic acid groups (broad SMARTS) is 1. The first kappa shape index (κ1) is 21.9. The number of imide groups is 1. The lowest BCUT2D eigenvalue weighted by molar-refractivity contribution is -0.139. The molecule has 0 aliphatic carbocycles. The third-order valence-electron chi connectivity index (χ3n) is 4.19. The Bertz CT molecular complexity index is 1050. The van der Waals surface area contributed by atoms with E-state index in [-0.39, 0.29) is 23.4 Å². The first-order chi connectivity index (χ1) is 14.3. The molecule has 0 atom stereocenters. The van der Waals surface area contributed by atoms with Crippen LogP contribution in [0, 0.1) is 6.92 Å². The number of nitrogens with zero attached hydrogens (tertiary/aromatic N) is 1. The summed E-state index contributed by atoms with van der Waals surface area (Å²) in [4.78, 5) is 37.4.